The van der Waals surface area contributed by atoms with E-state index in [2.05, 4.69) is 0 Å². The molecule has 2 heterocycles. The Hall–Kier alpha value is -1.82. The zero-order valence-electron chi connectivity index (χ0n) is 13.6. The highest BCUT2D eigenvalue weighted by atomic mass is 32.1. The smallest absolute Gasteiger partial charge is 0.419 e. The van der Waals surface area contributed by atoms with Crippen molar-refractivity contribution in [2.45, 2.75) is 46.6 Å². The van der Waals surface area contributed by atoms with Crippen LogP contribution in [0.15, 0.2) is 12.3 Å². The van der Waals surface area contributed by atoms with Crippen LogP contribution in [0.25, 0.3) is 10.2 Å². The average molecular weight is 323 g/mol. The summed E-state index contributed by atoms with van der Waals surface area (Å²) in [6.45, 7) is 9.58. The molecule has 0 bridgehead atoms. The van der Waals surface area contributed by atoms with Crippen molar-refractivity contribution in [1.29, 1.82) is 0 Å². The molecule has 0 spiro atoms. The van der Waals surface area contributed by atoms with E-state index >= 15 is 0 Å². The quantitative estimate of drug-likeness (QED) is 0.793. The number of rotatable bonds is 3. The fourth-order valence-electron chi connectivity index (χ4n) is 2.09. The number of carbonyl (C=O) groups is 2. The Labute approximate surface area is 133 Å². The molecule has 0 fully saturated rings. The van der Waals surface area contributed by atoms with Crippen molar-refractivity contribution in [2.75, 3.05) is 6.61 Å². The van der Waals surface area contributed by atoms with E-state index in [1.807, 2.05) is 27.7 Å². The number of nitrogens with zero attached hydrogens (tertiary/aromatic N) is 1. The molecule has 22 heavy (non-hydrogen) atoms. The van der Waals surface area contributed by atoms with Gasteiger partial charge in [0.1, 0.15) is 10.5 Å². The topological polar surface area (TPSA) is 57.5 Å². The first-order chi connectivity index (χ1) is 10.3. The molecule has 0 N–H and O–H groups in total. The fourth-order valence-corrected chi connectivity index (χ4v) is 3.21. The van der Waals surface area contributed by atoms with Gasteiger partial charge in [-0.3, -0.25) is 4.57 Å². The molecule has 0 unspecified atom stereocenters. The molecule has 0 aliphatic heterocycles. The molecule has 2 aromatic rings. The fraction of sp³-hybridized carbons (Fsp3) is 0.500. The van der Waals surface area contributed by atoms with Crippen LogP contribution < -0.4 is 0 Å². The first-order valence-electron chi connectivity index (χ1n) is 7.31. The number of aromatic nitrogens is 1. The molecule has 0 amide bonds. The lowest BCUT2D eigenvalue weighted by Crippen LogP contribution is -2.26. The van der Waals surface area contributed by atoms with Gasteiger partial charge in [-0.15, -0.1) is 11.3 Å². The van der Waals surface area contributed by atoms with E-state index in [0.29, 0.717) is 17.0 Å². The van der Waals surface area contributed by atoms with E-state index < -0.39 is 11.7 Å². The largest absolute Gasteiger partial charge is 0.462 e. The van der Waals surface area contributed by atoms with Gasteiger partial charge in [-0.25, -0.2) is 9.59 Å². The molecule has 6 heteroatoms. The summed E-state index contributed by atoms with van der Waals surface area (Å²) in [5.41, 5.74) is 1.14. The van der Waals surface area contributed by atoms with Crippen LogP contribution in [-0.2, 0) is 15.9 Å². The third-order valence-electron chi connectivity index (χ3n) is 3.00. The van der Waals surface area contributed by atoms with Gasteiger partial charge in [0.05, 0.1) is 16.8 Å². The van der Waals surface area contributed by atoms with Crippen LogP contribution in [0.3, 0.4) is 0 Å². The predicted octanol–water partition coefficient (Wildman–Crippen LogP) is 4.23. The Kier molecular flexibility index (Phi) is 4.60. The normalized spacial score (nSPS) is 11.7. The molecule has 0 saturated carbocycles. The lowest BCUT2D eigenvalue weighted by atomic mass is 10.2. The predicted molar refractivity (Wildman–Crippen MR) is 86.8 cm³/mol. The summed E-state index contributed by atoms with van der Waals surface area (Å²) in [7, 11) is 0. The van der Waals surface area contributed by atoms with Gasteiger partial charge in [-0.2, -0.15) is 0 Å². The molecule has 120 valence electrons. The SMILES string of the molecule is CCOC(=O)c1cc2c(s1)c(CC)cn2C(=O)OC(C)(C)C. The number of esters is 1. The van der Waals surface area contributed by atoms with E-state index in [4.69, 9.17) is 9.47 Å². The maximum absolute atomic E-state index is 12.3. The number of aryl methyl sites for hydroxylation is 1. The molecular weight excluding hydrogens is 302 g/mol. The van der Waals surface area contributed by atoms with Gasteiger partial charge in [-0.1, -0.05) is 6.92 Å². The minimum Gasteiger partial charge on any atom is -0.462 e. The number of thiophene rings is 1. The van der Waals surface area contributed by atoms with E-state index in [1.54, 1.807) is 19.2 Å². The van der Waals surface area contributed by atoms with Gasteiger partial charge in [0.2, 0.25) is 0 Å². The van der Waals surface area contributed by atoms with E-state index in [9.17, 15) is 9.59 Å². The standard InChI is InChI=1S/C16H21NO4S/c1-6-10-9-17(15(19)21-16(3,4)5)11-8-12(22-13(10)11)14(18)20-7-2/h8-9H,6-7H2,1-5H3. The summed E-state index contributed by atoms with van der Waals surface area (Å²) in [5, 5.41) is 0. The average Bonchev–Trinajstić information content (AvgIpc) is 2.94. The Bertz CT molecular complexity index is 706. The van der Waals surface area contributed by atoms with Gasteiger partial charge in [0.15, 0.2) is 0 Å². The van der Waals surface area contributed by atoms with Crippen LogP contribution in [0, 0.1) is 0 Å². The summed E-state index contributed by atoms with van der Waals surface area (Å²) in [6, 6.07) is 1.70. The molecular formula is C16H21NO4S. The summed E-state index contributed by atoms with van der Waals surface area (Å²) in [5.74, 6) is -0.360. The Morgan fingerprint density at radius 3 is 2.50 bits per heavy atom. The lowest BCUT2D eigenvalue weighted by molar-refractivity contribution is 0.0523. The second-order valence-electron chi connectivity index (χ2n) is 5.90. The molecule has 0 saturated heterocycles. The van der Waals surface area contributed by atoms with E-state index in [1.165, 1.54) is 15.9 Å². The summed E-state index contributed by atoms with van der Waals surface area (Å²) in [6.07, 6.45) is 2.12. The molecule has 0 radical (unpaired) electrons. The lowest BCUT2D eigenvalue weighted by Gasteiger charge is -2.19. The highest BCUT2D eigenvalue weighted by Crippen LogP contribution is 2.32. The third kappa shape index (κ3) is 3.32. The highest BCUT2D eigenvalue weighted by molar-refractivity contribution is 7.21. The Balaban J connectivity index is 2.46. The summed E-state index contributed by atoms with van der Waals surface area (Å²) >= 11 is 1.35. The van der Waals surface area contributed by atoms with Crippen LogP contribution in [0.4, 0.5) is 4.79 Å². The van der Waals surface area contributed by atoms with Crippen LogP contribution in [-0.4, -0.2) is 28.8 Å². The van der Waals surface area contributed by atoms with Crippen molar-refractivity contribution >= 4 is 33.6 Å². The zero-order chi connectivity index (χ0) is 16.5. The second kappa shape index (κ2) is 6.12. The van der Waals surface area contributed by atoms with E-state index in [0.717, 1.165) is 16.7 Å². The number of hydrogen-bond acceptors (Lipinski definition) is 5. The van der Waals surface area contributed by atoms with Gasteiger partial charge in [0.25, 0.3) is 0 Å². The van der Waals surface area contributed by atoms with Crippen molar-refractivity contribution in [3.05, 3.63) is 22.7 Å². The van der Waals surface area contributed by atoms with Crippen LogP contribution in [0.2, 0.25) is 0 Å². The minimum atomic E-state index is -0.569. The Morgan fingerprint density at radius 2 is 1.95 bits per heavy atom. The zero-order valence-corrected chi connectivity index (χ0v) is 14.4. The van der Waals surface area contributed by atoms with Gasteiger partial charge < -0.3 is 9.47 Å². The van der Waals surface area contributed by atoms with Gasteiger partial charge in [0, 0.05) is 6.20 Å². The molecule has 0 atom stereocenters. The third-order valence-corrected chi connectivity index (χ3v) is 4.18. The minimum absolute atomic E-state index is 0.327. The number of hydrogen-bond donors (Lipinski definition) is 0. The first-order valence-corrected chi connectivity index (χ1v) is 8.12. The molecule has 0 aromatic carbocycles. The van der Waals surface area contributed by atoms with Crippen LogP contribution >= 0.6 is 11.3 Å². The molecule has 2 rings (SSSR count). The maximum Gasteiger partial charge on any atom is 0.419 e. The maximum atomic E-state index is 12.3. The van der Waals surface area contributed by atoms with Crippen molar-refractivity contribution < 1.29 is 19.1 Å². The second-order valence-corrected chi connectivity index (χ2v) is 6.96. The van der Waals surface area contributed by atoms with E-state index in [-0.39, 0.29) is 5.97 Å². The van der Waals surface area contributed by atoms with Crippen molar-refractivity contribution in [1.82, 2.24) is 4.57 Å². The van der Waals surface area contributed by atoms with Crippen molar-refractivity contribution in [2.24, 2.45) is 0 Å². The van der Waals surface area contributed by atoms with Gasteiger partial charge in [-0.05, 0) is 45.7 Å². The summed E-state index contributed by atoms with van der Waals surface area (Å²) in [4.78, 5) is 24.7. The molecule has 5 nitrogen and oxygen atoms in total. The van der Waals surface area contributed by atoms with Crippen molar-refractivity contribution in [3.63, 3.8) is 0 Å². The molecule has 0 aliphatic carbocycles. The van der Waals surface area contributed by atoms with Crippen molar-refractivity contribution in [3.8, 4) is 0 Å². The molecule has 0 aliphatic rings. The number of ether oxygens (including phenoxy) is 2. The molecule has 2 aromatic heterocycles. The first kappa shape index (κ1) is 16.5. The monoisotopic (exact) mass is 323 g/mol. The van der Waals surface area contributed by atoms with Crippen LogP contribution in [0.1, 0.15) is 49.9 Å². The van der Waals surface area contributed by atoms with Crippen LogP contribution in [0.5, 0.6) is 0 Å². The summed E-state index contributed by atoms with van der Waals surface area (Å²) < 4.78 is 12.8. The van der Waals surface area contributed by atoms with Gasteiger partial charge >= 0.3 is 12.1 Å². The number of fused-ring (bicyclic) bond motifs is 1. The number of carbonyl (C=O) groups excluding carboxylic acids is 2. The highest BCUT2D eigenvalue weighted by Gasteiger charge is 2.23. The Morgan fingerprint density at radius 1 is 1.27 bits per heavy atom.